The lowest BCUT2D eigenvalue weighted by Gasteiger charge is -2.14. The molecule has 0 aliphatic carbocycles. The van der Waals surface area contributed by atoms with Gasteiger partial charge >= 0.3 is 0 Å². The first kappa shape index (κ1) is 23.2. The number of amides is 2. The number of fused-ring (bicyclic) bond motifs is 1. The van der Waals surface area contributed by atoms with Crippen LogP contribution >= 0.6 is 0 Å². The number of nitrogens with zero attached hydrogens (tertiary/aromatic N) is 2. The molecule has 1 atom stereocenters. The quantitative estimate of drug-likeness (QED) is 0.287. The van der Waals surface area contributed by atoms with Gasteiger partial charge in [-0.25, -0.2) is 4.98 Å². The van der Waals surface area contributed by atoms with Crippen molar-refractivity contribution in [2.45, 2.75) is 39.5 Å². The maximum atomic E-state index is 12.6. The third-order valence-electron chi connectivity index (χ3n) is 5.83. The summed E-state index contributed by atoms with van der Waals surface area (Å²) in [5, 5.41) is 5.89. The van der Waals surface area contributed by atoms with E-state index in [0.29, 0.717) is 11.4 Å². The van der Waals surface area contributed by atoms with Crippen LogP contribution in [0.15, 0.2) is 66.9 Å². The first-order chi connectivity index (χ1) is 16.6. The second kappa shape index (κ2) is 10.7. The second-order valence-electron chi connectivity index (χ2n) is 8.30. The second-order valence-corrected chi connectivity index (χ2v) is 8.30. The van der Waals surface area contributed by atoms with E-state index >= 15 is 0 Å². The number of benzene rings is 2. The van der Waals surface area contributed by atoms with Crippen LogP contribution in [-0.4, -0.2) is 26.8 Å². The van der Waals surface area contributed by atoms with Gasteiger partial charge in [-0.2, -0.15) is 0 Å². The lowest BCUT2D eigenvalue weighted by molar-refractivity contribution is -0.120. The molecule has 0 fully saturated rings. The Bertz CT molecular complexity index is 1270. The predicted molar refractivity (Wildman–Crippen MR) is 136 cm³/mol. The zero-order valence-electron chi connectivity index (χ0n) is 19.5. The highest BCUT2D eigenvalue weighted by Gasteiger charge is 2.16. The number of hydrogen-bond acceptors (Lipinski definition) is 4. The summed E-state index contributed by atoms with van der Waals surface area (Å²) < 4.78 is 0. The van der Waals surface area contributed by atoms with Crippen LogP contribution < -0.4 is 10.6 Å². The predicted octanol–water partition coefficient (Wildman–Crippen LogP) is 6.03. The van der Waals surface area contributed by atoms with Gasteiger partial charge in [0.2, 0.25) is 5.91 Å². The third-order valence-corrected chi connectivity index (χ3v) is 5.83. The topological polar surface area (TPSA) is 99.8 Å². The molecule has 2 heterocycles. The van der Waals surface area contributed by atoms with Crippen molar-refractivity contribution >= 4 is 34.2 Å². The molecule has 0 aliphatic heterocycles. The molecule has 0 radical (unpaired) electrons. The van der Waals surface area contributed by atoms with E-state index in [9.17, 15) is 9.59 Å². The average Bonchev–Trinajstić information content (AvgIpc) is 3.29. The van der Waals surface area contributed by atoms with Crippen molar-refractivity contribution in [3.05, 3.63) is 72.6 Å². The SMILES string of the molecule is CCCCC(CC)C(=O)Nc1ccc(-c2nc3ccc(NC(=O)c4ccccn4)cc3[nH]2)cc1. The molecule has 0 bridgehead atoms. The molecule has 7 heteroatoms. The molecular formula is C27H29N5O2. The number of rotatable bonds is 9. The summed E-state index contributed by atoms with van der Waals surface area (Å²) >= 11 is 0. The Morgan fingerprint density at radius 1 is 0.971 bits per heavy atom. The van der Waals surface area contributed by atoms with Crippen molar-refractivity contribution in [3.8, 4) is 11.4 Å². The van der Waals surface area contributed by atoms with Crippen LogP contribution in [0.1, 0.15) is 50.0 Å². The summed E-state index contributed by atoms with van der Waals surface area (Å²) in [7, 11) is 0. The van der Waals surface area contributed by atoms with Crippen molar-refractivity contribution in [1.82, 2.24) is 15.0 Å². The number of unbranched alkanes of at least 4 members (excludes halogenated alkanes) is 1. The Morgan fingerprint density at radius 2 is 1.76 bits per heavy atom. The first-order valence-corrected chi connectivity index (χ1v) is 11.7. The number of anilines is 2. The number of carbonyl (C=O) groups excluding carboxylic acids is 2. The van der Waals surface area contributed by atoms with Gasteiger partial charge in [-0.15, -0.1) is 0 Å². The highest BCUT2D eigenvalue weighted by molar-refractivity contribution is 6.03. The Morgan fingerprint density at radius 3 is 2.47 bits per heavy atom. The largest absolute Gasteiger partial charge is 0.338 e. The van der Waals surface area contributed by atoms with E-state index < -0.39 is 0 Å². The number of imidazole rings is 1. The molecular weight excluding hydrogens is 426 g/mol. The molecule has 3 N–H and O–H groups in total. The summed E-state index contributed by atoms with van der Waals surface area (Å²) in [5.41, 5.74) is 4.31. The highest BCUT2D eigenvalue weighted by atomic mass is 16.2. The van der Waals surface area contributed by atoms with Crippen molar-refractivity contribution in [2.75, 3.05) is 10.6 Å². The van der Waals surface area contributed by atoms with Crippen LogP contribution in [0.2, 0.25) is 0 Å². The van der Waals surface area contributed by atoms with Crippen LogP contribution in [0.4, 0.5) is 11.4 Å². The number of pyridine rings is 1. The number of aromatic amines is 1. The minimum atomic E-state index is -0.266. The van der Waals surface area contributed by atoms with E-state index in [1.54, 1.807) is 24.4 Å². The van der Waals surface area contributed by atoms with Gasteiger partial charge in [0.05, 0.1) is 11.0 Å². The van der Waals surface area contributed by atoms with Gasteiger partial charge in [0, 0.05) is 29.1 Å². The van der Waals surface area contributed by atoms with Gasteiger partial charge in [0.1, 0.15) is 11.5 Å². The lowest BCUT2D eigenvalue weighted by atomic mass is 9.98. The normalized spacial score (nSPS) is 11.8. The minimum absolute atomic E-state index is 0.0439. The number of aromatic nitrogens is 3. The fourth-order valence-electron chi connectivity index (χ4n) is 3.84. The summed E-state index contributed by atoms with van der Waals surface area (Å²) in [6.45, 7) is 4.19. The molecule has 2 aromatic carbocycles. The molecule has 4 aromatic rings. The minimum Gasteiger partial charge on any atom is -0.338 e. The van der Waals surface area contributed by atoms with Crippen molar-refractivity contribution in [2.24, 2.45) is 5.92 Å². The molecule has 0 spiro atoms. The van der Waals surface area contributed by atoms with Crippen LogP contribution in [0, 0.1) is 5.92 Å². The lowest BCUT2D eigenvalue weighted by Crippen LogP contribution is -2.22. The molecule has 7 nitrogen and oxygen atoms in total. The zero-order chi connectivity index (χ0) is 23.9. The summed E-state index contributed by atoms with van der Waals surface area (Å²) in [6.07, 6.45) is 5.50. The number of nitrogens with one attached hydrogen (secondary N) is 3. The number of carbonyl (C=O) groups is 2. The van der Waals surface area contributed by atoms with Crippen LogP contribution in [-0.2, 0) is 4.79 Å². The van der Waals surface area contributed by atoms with Crippen LogP contribution in [0.25, 0.3) is 22.4 Å². The molecule has 2 aromatic heterocycles. The Labute approximate surface area is 199 Å². The van der Waals surface area contributed by atoms with E-state index in [1.165, 1.54) is 0 Å². The number of hydrogen-bond donors (Lipinski definition) is 3. The van der Waals surface area contributed by atoms with E-state index in [2.05, 4.69) is 39.4 Å². The molecule has 34 heavy (non-hydrogen) atoms. The van der Waals surface area contributed by atoms with E-state index in [1.807, 2.05) is 42.5 Å². The average molecular weight is 456 g/mol. The van der Waals surface area contributed by atoms with Crippen LogP contribution in [0.3, 0.4) is 0 Å². The van der Waals surface area contributed by atoms with E-state index in [0.717, 1.165) is 53.8 Å². The number of H-pyrrole nitrogens is 1. The van der Waals surface area contributed by atoms with Gasteiger partial charge in [-0.1, -0.05) is 32.8 Å². The molecule has 0 saturated carbocycles. The smallest absolute Gasteiger partial charge is 0.274 e. The van der Waals surface area contributed by atoms with E-state index in [-0.39, 0.29) is 17.7 Å². The molecule has 1 unspecified atom stereocenters. The highest BCUT2D eigenvalue weighted by Crippen LogP contribution is 2.25. The Hall–Kier alpha value is -4.00. The molecule has 0 aliphatic rings. The van der Waals surface area contributed by atoms with Gasteiger partial charge in [-0.3, -0.25) is 14.6 Å². The monoisotopic (exact) mass is 455 g/mol. The zero-order valence-corrected chi connectivity index (χ0v) is 19.5. The fourth-order valence-corrected chi connectivity index (χ4v) is 3.84. The fraction of sp³-hybridized carbons (Fsp3) is 0.259. The van der Waals surface area contributed by atoms with Gasteiger partial charge in [0.15, 0.2) is 0 Å². The molecule has 0 saturated heterocycles. The standard InChI is InChI=1S/C27H29N5O2/c1-3-5-8-18(4-2)26(33)29-20-12-10-19(11-13-20)25-31-22-15-14-21(17-24(22)32-25)30-27(34)23-9-6-7-16-28-23/h6-7,9-18H,3-5,8H2,1-2H3,(H,29,33)(H,30,34)(H,31,32). The van der Waals surface area contributed by atoms with Crippen molar-refractivity contribution < 1.29 is 9.59 Å². The van der Waals surface area contributed by atoms with Gasteiger partial charge in [0.25, 0.3) is 5.91 Å². The summed E-state index contributed by atoms with van der Waals surface area (Å²) in [6, 6.07) is 18.4. The molecule has 2 amide bonds. The van der Waals surface area contributed by atoms with Gasteiger partial charge < -0.3 is 15.6 Å². The summed E-state index contributed by atoms with van der Waals surface area (Å²) in [4.78, 5) is 37.0. The molecule has 4 rings (SSSR count). The maximum absolute atomic E-state index is 12.6. The van der Waals surface area contributed by atoms with Gasteiger partial charge in [-0.05, 0) is 67.4 Å². The van der Waals surface area contributed by atoms with Crippen molar-refractivity contribution in [3.63, 3.8) is 0 Å². The third kappa shape index (κ3) is 5.49. The molecule has 174 valence electrons. The Kier molecular flexibility index (Phi) is 7.32. The van der Waals surface area contributed by atoms with Crippen molar-refractivity contribution in [1.29, 1.82) is 0 Å². The van der Waals surface area contributed by atoms with E-state index in [4.69, 9.17) is 0 Å². The maximum Gasteiger partial charge on any atom is 0.274 e. The van der Waals surface area contributed by atoms with Crippen LogP contribution in [0.5, 0.6) is 0 Å². The Balaban J connectivity index is 1.45. The first-order valence-electron chi connectivity index (χ1n) is 11.7. The summed E-state index contributed by atoms with van der Waals surface area (Å²) in [5.74, 6) is 0.572.